The van der Waals surface area contributed by atoms with Gasteiger partial charge in [0.2, 0.25) is 0 Å². The number of nitrogens with zero attached hydrogens (tertiary/aromatic N) is 1. The standard InChI is InChI=1S/C18H23N3S2/c1-14-3-4-17(11-15(14)2)19-18(22)21-8-6-20(7-9-21)12-16-5-10-23-13-16/h3-5,10-11,13H,6-9,12H2,1-2H3,(H,19,22)/p+1. The quantitative estimate of drug-likeness (QED) is 0.833. The number of thiocarbonyl (C=S) groups is 1. The van der Waals surface area contributed by atoms with Crippen LogP contribution in [0.4, 0.5) is 5.69 Å². The number of rotatable bonds is 3. The third-order valence-electron chi connectivity index (χ3n) is 4.55. The molecule has 122 valence electrons. The van der Waals surface area contributed by atoms with Crippen molar-refractivity contribution >= 4 is 34.4 Å². The molecule has 1 aliphatic rings. The van der Waals surface area contributed by atoms with Crippen LogP contribution < -0.4 is 10.2 Å². The van der Waals surface area contributed by atoms with Crippen LogP contribution in [-0.2, 0) is 6.54 Å². The molecule has 0 radical (unpaired) electrons. The molecule has 2 N–H and O–H groups in total. The lowest BCUT2D eigenvalue weighted by Gasteiger charge is -2.33. The summed E-state index contributed by atoms with van der Waals surface area (Å²) in [6.45, 7) is 9.74. The molecule has 1 aromatic heterocycles. The van der Waals surface area contributed by atoms with Crippen LogP contribution in [0.1, 0.15) is 16.7 Å². The molecular formula is C18H24N3S2+. The summed E-state index contributed by atoms with van der Waals surface area (Å²) in [7, 11) is 0. The number of anilines is 1. The Labute approximate surface area is 147 Å². The molecular weight excluding hydrogens is 322 g/mol. The molecule has 3 rings (SSSR count). The second-order valence-electron chi connectivity index (χ2n) is 6.27. The zero-order chi connectivity index (χ0) is 16.2. The van der Waals surface area contributed by atoms with Crippen LogP contribution in [0.3, 0.4) is 0 Å². The average Bonchev–Trinajstić information content (AvgIpc) is 3.04. The summed E-state index contributed by atoms with van der Waals surface area (Å²) in [5.41, 5.74) is 5.15. The van der Waals surface area contributed by atoms with Gasteiger partial charge in [0.1, 0.15) is 6.54 Å². The zero-order valence-electron chi connectivity index (χ0n) is 13.8. The fourth-order valence-electron chi connectivity index (χ4n) is 2.91. The molecule has 0 atom stereocenters. The van der Waals surface area contributed by atoms with Crippen LogP contribution in [0, 0.1) is 13.8 Å². The van der Waals surface area contributed by atoms with Crippen molar-refractivity contribution in [3.8, 4) is 0 Å². The first-order chi connectivity index (χ1) is 11.1. The highest BCUT2D eigenvalue weighted by molar-refractivity contribution is 7.80. The predicted molar refractivity (Wildman–Crippen MR) is 102 cm³/mol. The highest BCUT2D eigenvalue weighted by Gasteiger charge is 2.22. The van der Waals surface area contributed by atoms with E-state index >= 15 is 0 Å². The van der Waals surface area contributed by atoms with Gasteiger partial charge in [0.05, 0.1) is 26.2 Å². The lowest BCUT2D eigenvalue weighted by Crippen LogP contribution is -3.13. The van der Waals surface area contributed by atoms with Gasteiger partial charge in [-0.05, 0) is 66.2 Å². The maximum atomic E-state index is 5.59. The summed E-state index contributed by atoms with van der Waals surface area (Å²) in [4.78, 5) is 3.94. The molecule has 0 spiro atoms. The van der Waals surface area contributed by atoms with Crippen molar-refractivity contribution in [2.45, 2.75) is 20.4 Å². The van der Waals surface area contributed by atoms with E-state index in [1.54, 1.807) is 16.2 Å². The van der Waals surface area contributed by atoms with Crippen LogP contribution >= 0.6 is 23.6 Å². The summed E-state index contributed by atoms with van der Waals surface area (Å²) >= 11 is 7.38. The molecule has 0 bridgehead atoms. The van der Waals surface area contributed by atoms with Gasteiger partial charge in [-0.15, -0.1) is 0 Å². The SMILES string of the molecule is Cc1ccc(NC(=S)N2CC[NH+](Cc3ccsc3)CC2)cc1C. The number of quaternary nitrogens is 1. The van der Waals surface area contributed by atoms with Crippen LogP contribution in [0.25, 0.3) is 0 Å². The van der Waals surface area contributed by atoms with Crippen molar-refractivity contribution in [1.29, 1.82) is 0 Å². The summed E-state index contributed by atoms with van der Waals surface area (Å²) in [5.74, 6) is 0. The van der Waals surface area contributed by atoms with Gasteiger partial charge in [-0.1, -0.05) is 6.07 Å². The van der Waals surface area contributed by atoms with Crippen molar-refractivity contribution in [2.75, 3.05) is 31.5 Å². The number of benzene rings is 1. The Morgan fingerprint density at radius 3 is 2.65 bits per heavy atom. The van der Waals surface area contributed by atoms with Gasteiger partial charge in [-0.2, -0.15) is 11.3 Å². The van der Waals surface area contributed by atoms with Crippen molar-refractivity contribution in [3.05, 3.63) is 51.7 Å². The zero-order valence-corrected chi connectivity index (χ0v) is 15.4. The summed E-state index contributed by atoms with van der Waals surface area (Å²) in [6.07, 6.45) is 0. The maximum absolute atomic E-state index is 5.59. The van der Waals surface area contributed by atoms with E-state index in [0.717, 1.165) is 43.5 Å². The smallest absolute Gasteiger partial charge is 0.173 e. The van der Waals surface area contributed by atoms with Crippen LogP contribution in [0.5, 0.6) is 0 Å². The van der Waals surface area contributed by atoms with Crippen molar-refractivity contribution < 1.29 is 4.90 Å². The molecule has 1 aromatic carbocycles. The van der Waals surface area contributed by atoms with Gasteiger partial charge in [0.15, 0.2) is 5.11 Å². The van der Waals surface area contributed by atoms with Gasteiger partial charge in [0.25, 0.3) is 0 Å². The van der Waals surface area contributed by atoms with Gasteiger partial charge in [-0.25, -0.2) is 0 Å². The molecule has 0 amide bonds. The van der Waals surface area contributed by atoms with Crippen molar-refractivity contribution in [3.63, 3.8) is 0 Å². The fourth-order valence-corrected chi connectivity index (χ4v) is 3.88. The third-order valence-corrected chi connectivity index (χ3v) is 5.64. The third kappa shape index (κ3) is 4.31. The number of nitrogens with one attached hydrogen (secondary N) is 2. The van der Waals surface area contributed by atoms with E-state index in [1.807, 2.05) is 0 Å². The highest BCUT2D eigenvalue weighted by atomic mass is 32.1. The van der Waals surface area contributed by atoms with Gasteiger partial charge in [-0.3, -0.25) is 0 Å². The molecule has 23 heavy (non-hydrogen) atoms. The maximum Gasteiger partial charge on any atom is 0.173 e. The van der Waals surface area contributed by atoms with Gasteiger partial charge in [0, 0.05) is 11.3 Å². The minimum absolute atomic E-state index is 0.850. The Hall–Kier alpha value is -1.43. The van der Waals surface area contributed by atoms with Crippen LogP contribution in [0.2, 0.25) is 0 Å². The molecule has 2 aromatic rings. The molecule has 5 heteroatoms. The molecule has 1 aliphatic heterocycles. The molecule has 2 heterocycles. The lowest BCUT2D eigenvalue weighted by atomic mass is 10.1. The van der Waals surface area contributed by atoms with E-state index in [-0.39, 0.29) is 0 Å². The number of aryl methyl sites for hydroxylation is 2. The second kappa shape index (κ2) is 7.43. The van der Waals surface area contributed by atoms with E-state index in [0.29, 0.717) is 0 Å². The first-order valence-electron chi connectivity index (χ1n) is 8.09. The molecule has 0 unspecified atom stereocenters. The largest absolute Gasteiger partial charge is 0.338 e. The Kier molecular flexibility index (Phi) is 5.30. The molecule has 0 saturated carbocycles. The Bertz CT molecular complexity index is 659. The minimum Gasteiger partial charge on any atom is -0.338 e. The van der Waals surface area contributed by atoms with Crippen molar-refractivity contribution in [2.24, 2.45) is 0 Å². The monoisotopic (exact) mass is 346 g/mol. The summed E-state index contributed by atoms with van der Waals surface area (Å²) < 4.78 is 0. The normalized spacial score (nSPS) is 15.7. The van der Waals surface area contributed by atoms with Gasteiger partial charge >= 0.3 is 0 Å². The predicted octanol–water partition coefficient (Wildman–Crippen LogP) is 2.46. The molecule has 3 nitrogen and oxygen atoms in total. The van der Waals surface area contributed by atoms with E-state index < -0.39 is 0 Å². The second-order valence-corrected chi connectivity index (χ2v) is 7.44. The highest BCUT2D eigenvalue weighted by Crippen LogP contribution is 2.14. The molecule has 1 fully saturated rings. The first kappa shape index (κ1) is 16.4. The Morgan fingerprint density at radius 2 is 2.00 bits per heavy atom. The first-order valence-corrected chi connectivity index (χ1v) is 9.45. The molecule has 0 aliphatic carbocycles. The van der Waals surface area contributed by atoms with E-state index in [1.165, 1.54) is 16.7 Å². The summed E-state index contributed by atoms with van der Waals surface area (Å²) in [6, 6.07) is 8.64. The fraction of sp³-hybridized carbons (Fsp3) is 0.389. The number of piperazine rings is 1. The topological polar surface area (TPSA) is 19.7 Å². The van der Waals surface area contributed by atoms with Crippen LogP contribution in [0.15, 0.2) is 35.0 Å². The van der Waals surface area contributed by atoms with Crippen molar-refractivity contribution in [1.82, 2.24) is 4.90 Å². The van der Waals surface area contributed by atoms with E-state index in [4.69, 9.17) is 12.2 Å². The van der Waals surface area contributed by atoms with Gasteiger partial charge < -0.3 is 15.1 Å². The van der Waals surface area contributed by atoms with E-state index in [9.17, 15) is 0 Å². The Morgan fingerprint density at radius 1 is 1.22 bits per heavy atom. The molecule has 1 saturated heterocycles. The van der Waals surface area contributed by atoms with Crippen LogP contribution in [-0.4, -0.2) is 36.2 Å². The number of thiophene rings is 1. The number of hydrogen-bond donors (Lipinski definition) is 2. The minimum atomic E-state index is 0.850. The lowest BCUT2D eigenvalue weighted by molar-refractivity contribution is -0.917. The number of hydrogen-bond acceptors (Lipinski definition) is 2. The summed E-state index contributed by atoms with van der Waals surface area (Å²) in [5, 5.41) is 8.66. The van der Waals surface area contributed by atoms with E-state index in [2.05, 4.69) is 59.1 Å². The average molecular weight is 347 g/mol. The Balaban J connectivity index is 1.50.